The van der Waals surface area contributed by atoms with Crippen molar-refractivity contribution in [3.8, 4) is 0 Å². The number of ketones is 1. The fourth-order valence-electron chi connectivity index (χ4n) is 2.15. The number of carbonyl (C=O) groups excluding carboxylic acids is 1. The minimum absolute atomic E-state index is 0.322. The lowest BCUT2D eigenvalue weighted by Gasteiger charge is -2.25. The number of aryl methyl sites for hydroxylation is 1. The average molecular weight is 283 g/mol. The Labute approximate surface area is 118 Å². The Kier molecular flexibility index (Phi) is 5.73. The maximum Gasteiger partial charge on any atom is 0.172 e. The maximum atomic E-state index is 11.9. The van der Waals surface area contributed by atoms with Gasteiger partial charge in [0.1, 0.15) is 0 Å². The van der Waals surface area contributed by atoms with Crippen molar-refractivity contribution < 1.29 is 4.79 Å². The Morgan fingerprint density at radius 1 is 1.28 bits per heavy atom. The summed E-state index contributed by atoms with van der Waals surface area (Å²) in [6, 6.07) is 3.99. The number of thioether (sulfide) groups is 1. The molecule has 0 atom stereocenters. The van der Waals surface area contributed by atoms with Crippen LogP contribution in [0.5, 0.6) is 0 Å². The normalized spacial score (nSPS) is 16.9. The first-order valence-corrected chi connectivity index (χ1v) is 8.62. The molecule has 0 bridgehead atoms. The predicted molar refractivity (Wildman–Crippen MR) is 81.0 cm³/mol. The molecule has 1 aliphatic rings. The molecule has 2 heterocycles. The monoisotopic (exact) mass is 283 g/mol. The number of hydrogen-bond acceptors (Lipinski definition) is 4. The summed E-state index contributed by atoms with van der Waals surface area (Å²) in [4.78, 5) is 16.6. The molecule has 0 aromatic carbocycles. The van der Waals surface area contributed by atoms with Gasteiger partial charge in [-0.3, -0.25) is 4.79 Å². The van der Waals surface area contributed by atoms with Gasteiger partial charge in [0.15, 0.2) is 5.78 Å². The largest absolute Gasteiger partial charge is 0.302 e. The number of carbonyl (C=O) groups is 1. The minimum atomic E-state index is 0.322. The van der Waals surface area contributed by atoms with Crippen molar-refractivity contribution in [3.63, 3.8) is 0 Å². The molecule has 0 radical (unpaired) electrons. The van der Waals surface area contributed by atoms with Crippen LogP contribution in [0.3, 0.4) is 0 Å². The van der Waals surface area contributed by atoms with Crippen LogP contribution >= 0.6 is 23.1 Å². The second-order valence-electron chi connectivity index (χ2n) is 4.74. The topological polar surface area (TPSA) is 20.3 Å². The van der Waals surface area contributed by atoms with E-state index in [1.165, 1.54) is 29.5 Å². The average Bonchev–Trinajstić information content (AvgIpc) is 2.82. The zero-order chi connectivity index (χ0) is 12.8. The molecule has 1 fully saturated rings. The molecule has 1 aromatic rings. The maximum absolute atomic E-state index is 11.9. The third-order valence-electron chi connectivity index (χ3n) is 3.25. The van der Waals surface area contributed by atoms with Crippen LogP contribution in [0.4, 0.5) is 0 Å². The van der Waals surface area contributed by atoms with E-state index >= 15 is 0 Å². The number of nitrogens with zero attached hydrogens (tertiary/aromatic N) is 1. The molecule has 1 aromatic heterocycles. The SMILES string of the molecule is Cc1ccc(C(=O)CCCCN2CCSCC2)s1. The number of thiophene rings is 1. The summed E-state index contributed by atoms with van der Waals surface area (Å²) in [5.41, 5.74) is 0. The molecule has 0 amide bonds. The van der Waals surface area contributed by atoms with Gasteiger partial charge >= 0.3 is 0 Å². The summed E-state index contributed by atoms with van der Waals surface area (Å²) in [5, 5.41) is 0. The third kappa shape index (κ3) is 4.41. The smallest absolute Gasteiger partial charge is 0.172 e. The van der Waals surface area contributed by atoms with E-state index in [1.807, 2.05) is 23.9 Å². The molecule has 0 spiro atoms. The molecule has 2 nitrogen and oxygen atoms in total. The van der Waals surface area contributed by atoms with E-state index in [1.54, 1.807) is 11.3 Å². The summed E-state index contributed by atoms with van der Waals surface area (Å²) in [6.45, 7) is 5.67. The molecule has 0 saturated carbocycles. The highest BCUT2D eigenvalue weighted by atomic mass is 32.2. The fourth-order valence-corrected chi connectivity index (χ4v) is 3.97. The molecule has 0 aliphatic carbocycles. The highest BCUT2D eigenvalue weighted by molar-refractivity contribution is 7.99. The van der Waals surface area contributed by atoms with Gasteiger partial charge in [0.05, 0.1) is 4.88 Å². The van der Waals surface area contributed by atoms with Crippen molar-refractivity contribution in [1.29, 1.82) is 0 Å². The first-order chi connectivity index (χ1) is 8.75. The van der Waals surface area contributed by atoms with E-state index in [-0.39, 0.29) is 0 Å². The lowest BCUT2D eigenvalue weighted by atomic mass is 10.1. The van der Waals surface area contributed by atoms with Crippen LogP contribution in [-0.4, -0.2) is 41.8 Å². The molecule has 0 N–H and O–H groups in total. The molecular weight excluding hydrogens is 262 g/mol. The van der Waals surface area contributed by atoms with Gasteiger partial charge in [-0.05, 0) is 38.4 Å². The molecular formula is C14H21NOS2. The van der Waals surface area contributed by atoms with E-state index < -0.39 is 0 Å². The molecule has 100 valence electrons. The highest BCUT2D eigenvalue weighted by Crippen LogP contribution is 2.18. The van der Waals surface area contributed by atoms with Crippen molar-refractivity contribution in [2.45, 2.75) is 26.2 Å². The fraction of sp³-hybridized carbons (Fsp3) is 0.643. The van der Waals surface area contributed by atoms with Crippen molar-refractivity contribution in [2.75, 3.05) is 31.1 Å². The summed E-state index contributed by atoms with van der Waals surface area (Å²) < 4.78 is 0. The van der Waals surface area contributed by atoms with Gasteiger partial charge in [0.2, 0.25) is 0 Å². The van der Waals surface area contributed by atoms with Crippen molar-refractivity contribution in [3.05, 3.63) is 21.9 Å². The molecule has 4 heteroatoms. The van der Waals surface area contributed by atoms with Gasteiger partial charge < -0.3 is 4.90 Å². The van der Waals surface area contributed by atoms with E-state index in [0.717, 1.165) is 24.3 Å². The van der Waals surface area contributed by atoms with Crippen molar-refractivity contribution >= 4 is 28.9 Å². The van der Waals surface area contributed by atoms with Crippen LogP contribution in [0.25, 0.3) is 0 Å². The Morgan fingerprint density at radius 3 is 2.72 bits per heavy atom. The Bertz CT molecular complexity index is 383. The number of hydrogen-bond donors (Lipinski definition) is 0. The number of rotatable bonds is 6. The predicted octanol–water partition coefficient (Wildman–Crippen LogP) is 3.46. The molecule has 2 rings (SSSR count). The zero-order valence-electron chi connectivity index (χ0n) is 11.0. The van der Waals surface area contributed by atoms with Gasteiger partial charge in [-0.1, -0.05) is 0 Å². The lowest BCUT2D eigenvalue weighted by molar-refractivity contribution is 0.0982. The Morgan fingerprint density at radius 2 is 2.06 bits per heavy atom. The van der Waals surface area contributed by atoms with Gasteiger partial charge in [0, 0.05) is 35.9 Å². The molecule has 1 aliphatic heterocycles. The first-order valence-electron chi connectivity index (χ1n) is 6.65. The lowest BCUT2D eigenvalue weighted by Crippen LogP contribution is -2.33. The van der Waals surface area contributed by atoms with Crippen molar-refractivity contribution in [1.82, 2.24) is 4.90 Å². The molecule has 1 saturated heterocycles. The van der Waals surface area contributed by atoms with E-state index in [9.17, 15) is 4.79 Å². The quantitative estimate of drug-likeness (QED) is 0.589. The van der Waals surface area contributed by atoms with E-state index in [0.29, 0.717) is 12.2 Å². The van der Waals surface area contributed by atoms with Crippen molar-refractivity contribution in [2.24, 2.45) is 0 Å². The third-order valence-corrected chi connectivity index (χ3v) is 5.23. The first kappa shape index (κ1) is 14.1. The highest BCUT2D eigenvalue weighted by Gasteiger charge is 2.11. The summed E-state index contributed by atoms with van der Waals surface area (Å²) >= 11 is 3.67. The second-order valence-corrected chi connectivity index (χ2v) is 7.26. The van der Waals surface area contributed by atoms with Crippen LogP contribution in [0, 0.1) is 6.92 Å². The van der Waals surface area contributed by atoms with Gasteiger partial charge in [-0.15, -0.1) is 11.3 Å². The van der Waals surface area contributed by atoms with E-state index in [2.05, 4.69) is 11.8 Å². The van der Waals surface area contributed by atoms with Crippen LogP contribution < -0.4 is 0 Å². The number of unbranched alkanes of at least 4 members (excludes halogenated alkanes) is 1. The van der Waals surface area contributed by atoms with Gasteiger partial charge in [0.25, 0.3) is 0 Å². The van der Waals surface area contributed by atoms with Crippen LogP contribution in [0.15, 0.2) is 12.1 Å². The summed E-state index contributed by atoms with van der Waals surface area (Å²) in [7, 11) is 0. The standard InChI is InChI=1S/C14H21NOS2/c1-12-5-6-14(18-12)13(16)4-2-3-7-15-8-10-17-11-9-15/h5-6H,2-4,7-11H2,1H3. The summed E-state index contributed by atoms with van der Waals surface area (Å²) in [6.07, 6.45) is 2.89. The van der Waals surface area contributed by atoms with Gasteiger partial charge in [-0.2, -0.15) is 11.8 Å². The van der Waals surface area contributed by atoms with Gasteiger partial charge in [-0.25, -0.2) is 0 Å². The Balaban J connectivity index is 1.61. The minimum Gasteiger partial charge on any atom is -0.302 e. The van der Waals surface area contributed by atoms with Crippen LogP contribution in [-0.2, 0) is 0 Å². The van der Waals surface area contributed by atoms with Crippen LogP contribution in [0.1, 0.15) is 33.8 Å². The van der Waals surface area contributed by atoms with Crippen LogP contribution in [0.2, 0.25) is 0 Å². The zero-order valence-corrected chi connectivity index (χ0v) is 12.6. The molecule has 18 heavy (non-hydrogen) atoms. The second kappa shape index (κ2) is 7.31. The molecule has 0 unspecified atom stereocenters. The Hall–Kier alpha value is -0.320. The number of Topliss-reactive ketones (excluding diaryl/α,β-unsaturated/α-hetero) is 1. The van der Waals surface area contributed by atoms with E-state index in [4.69, 9.17) is 0 Å². The summed E-state index contributed by atoms with van der Waals surface area (Å²) in [5.74, 6) is 2.86.